The van der Waals surface area contributed by atoms with Crippen LogP contribution in [0.3, 0.4) is 0 Å². The normalized spacial score (nSPS) is 23.1. The quantitative estimate of drug-likeness (QED) is 0.878. The summed E-state index contributed by atoms with van der Waals surface area (Å²) in [5.74, 6) is 1.54. The number of aryl methyl sites for hydroxylation is 1. The molecule has 0 aliphatic heterocycles. The van der Waals surface area contributed by atoms with Crippen LogP contribution in [-0.2, 0) is 0 Å². The fraction of sp³-hybridized carbons (Fsp3) is 0.615. The maximum absolute atomic E-state index is 10.0. The minimum Gasteiger partial charge on any atom is -0.391 e. The second-order valence-electron chi connectivity index (χ2n) is 5.04. The van der Waals surface area contributed by atoms with Gasteiger partial charge in [-0.2, -0.15) is 5.10 Å². The third-order valence-electron chi connectivity index (χ3n) is 3.67. The molecule has 1 saturated carbocycles. The first-order valence-corrected chi connectivity index (χ1v) is 6.84. The molecule has 1 aliphatic carbocycles. The molecule has 1 fully saturated rings. The number of hydrogen-bond donors (Lipinski definition) is 2. The molecule has 19 heavy (non-hydrogen) atoms. The van der Waals surface area contributed by atoms with E-state index in [4.69, 9.17) is 0 Å². The summed E-state index contributed by atoms with van der Waals surface area (Å²) in [7, 11) is 0. The smallest absolute Gasteiger partial charge is 0.163 e. The van der Waals surface area contributed by atoms with E-state index in [0.717, 1.165) is 48.5 Å². The average Bonchev–Trinajstić information content (AvgIpc) is 2.95. The van der Waals surface area contributed by atoms with Gasteiger partial charge in [0.1, 0.15) is 11.6 Å². The SMILES string of the molecule is CCNc1nc(C)nc2c1cnn2C1CCCC1O. The fourth-order valence-electron chi connectivity index (χ4n) is 2.79. The molecule has 3 rings (SSSR count). The number of aromatic nitrogens is 4. The van der Waals surface area contributed by atoms with Gasteiger partial charge in [-0.1, -0.05) is 0 Å². The number of fused-ring (bicyclic) bond motifs is 1. The fourth-order valence-corrected chi connectivity index (χ4v) is 2.79. The molecule has 0 aromatic carbocycles. The van der Waals surface area contributed by atoms with E-state index >= 15 is 0 Å². The van der Waals surface area contributed by atoms with Gasteiger partial charge in [0.25, 0.3) is 0 Å². The lowest BCUT2D eigenvalue weighted by Crippen LogP contribution is -2.19. The summed E-state index contributed by atoms with van der Waals surface area (Å²) in [6, 6.07) is 0.0428. The molecule has 2 aromatic rings. The minimum absolute atomic E-state index is 0.0428. The number of rotatable bonds is 3. The van der Waals surface area contributed by atoms with E-state index in [-0.39, 0.29) is 12.1 Å². The van der Waals surface area contributed by atoms with Gasteiger partial charge in [0.05, 0.1) is 23.7 Å². The van der Waals surface area contributed by atoms with Gasteiger partial charge in [0.15, 0.2) is 5.65 Å². The van der Waals surface area contributed by atoms with Crippen LogP contribution < -0.4 is 5.32 Å². The van der Waals surface area contributed by atoms with E-state index < -0.39 is 0 Å². The molecular formula is C13H19N5O. The second kappa shape index (κ2) is 4.77. The highest BCUT2D eigenvalue weighted by Gasteiger charge is 2.29. The van der Waals surface area contributed by atoms with Crippen molar-refractivity contribution in [2.24, 2.45) is 0 Å². The van der Waals surface area contributed by atoms with Crippen molar-refractivity contribution in [3.8, 4) is 0 Å². The third kappa shape index (κ3) is 2.06. The number of anilines is 1. The summed E-state index contributed by atoms with van der Waals surface area (Å²) in [5.41, 5.74) is 0.814. The molecule has 6 nitrogen and oxygen atoms in total. The Bertz CT molecular complexity index is 594. The van der Waals surface area contributed by atoms with Gasteiger partial charge in [-0.15, -0.1) is 0 Å². The maximum atomic E-state index is 10.0. The Morgan fingerprint density at radius 2 is 2.26 bits per heavy atom. The Kier molecular flexibility index (Phi) is 3.10. The van der Waals surface area contributed by atoms with Crippen LogP contribution in [0.15, 0.2) is 6.20 Å². The Morgan fingerprint density at radius 3 is 2.95 bits per heavy atom. The van der Waals surface area contributed by atoms with Crippen LogP contribution in [0.1, 0.15) is 38.1 Å². The topological polar surface area (TPSA) is 75.9 Å². The summed E-state index contributed by atoms with van der Waals surface area (Å²) in [5, 5.41) is 18.6. The number of nitrogens with one attached hydrogen (secondary N) is 1. The van der Waals surface area contributed by atoms with Crippen molar-refractivity contribution in [1.82, 2.24) is 19.7 Å². The highest BCUT2D eigenvalue weighted by atomic mass is 16.3. The predicted molar refractivity (Wildman–Crippen MR) is 73.1 cm³/mol. The van der Waals surface area contributed by atoms with E-state index in [2.05, 4.69) is 20.4 Å². The first-order valence-electron chi connectivity index (χ1n) is 6.84. The van der Waals surface area contributed by atoms with Crippen molar-refractivity contribution < 1.29 is 5.11 Å². The lowest BCUT2D eigenvalue weighted by molar-refractivity contribution is 0.132. The van der Waals surface area contributed by atoms with Gasteiger partial charge in [-0.05, 0) is 33.1 Å². The Labute approximate surface area is 111 Å². The van der Waals surface area contributed by atoms with E-state index in [9.17, 15) is 5.11 Å². The van der Waals surface area contributed by atoms with Gasteiger partial charge in [-0.3, -0.25) is 0 Å². The first-order chi connectivity index (χ1) is 9.20. The van der Waals surface area contributed by atoms with Gasteiger partial charge < -0.3 is 10.4 Å². The number of aliphatic hydroxyl groups excluding tert-OH is 1. The van der Waals surface area contributed by atoms with Crippen LogP contribution >= 0.6 is 0 Å². The minimum atomic E-state index is -0.319. The summed E-state index contributed by atoms with van der Waals surface area (Å²) >= 11 is 0. The van der Waals surface area contributed by atoms with Crippen LogP contribution in [0.2, 0.25) is 0 Å². The van der Waals surface area contributed by atoms with Crippen LogP contribution in [0.5, 0.6) is 0 Å². The molecule has 102 valence electrons. The molecule has 2 N–H and O–H groups in total. The van der Waals surface area contributed by atoms with Gasteiger partial charge in [0.2, 0.25) is 0 Å². The van der Waals surface area contributed by atoms with E-state index in [1.807, 2.05) is 18.5 Å². The van der Waals surface area contributed by atoms with E-state index in [1.165, 1.54) is 0 Å². The number of aliphatic hydroxyl groups is 1. The lowest BCUT2D eigenvalue weighted by Gasteiger charge is -2.15. The van der Waals surface area contributed by atoms with E-state index in [0.29, 0.717) is 0 Å². The molecular weight excluding hydrogens is 242 g/mol. The average molecular weight is 261 g/mol. The van der Waals surface area contributed by atoms with Crippen molar-refractivity contribution in [3.05, 3.63) is 12.0 Å². The van der Waals surface area contributed by atoms with Gasteiger partial charge >= 0.3 is 0 Å². The molecule has 0 amide bonds. The molecule has 0 saturated heterocycles. The number of hydrogen-bond acceptors (Lipinski definition) is 5. The van der Waals surface area contributed by atoms with E-state index in [1.54, 1.807) is 6.20 Å². The predicted octanol–water partition coefficient (Wildman–Crippen LogP) is 1.65. The van der Waals surface area contributed by atoms with Gasteiger partial charge in [0, 0.05) is 6.54 Å². The molecule has 0 spiro atoms. The van der Waals surface area contributed by atoms with Crippen LogP contribution in [0.25, 0.3) is 11.0 Å². The second-order valence-corrected chi connectivity index (χ2v) is 5.04. The lowest BCUT2D eigenvalue weighted by atomic mass is 10.2. The summed E-state index contributed by atoms with van der Waals surface area (Å²) < 4.78 is 1.86. The summed E-state index contributed by atoms with van der Waals surface area (Å²) in [6.07, 6.45) is 4.31. The zero-order chi connectivity index (χ0) is 13.4. The monoisotopic (exact) mass is 261 g/mol. The molecule has 2 atom stereocenters. The molecule has 0 bridgehead atoms. The standard InChI is InChI=1S/C13H19N5O/c1-3-14-12-9-7-15-18(10-5-4-6-11(10)19)13(9)17-8(2)16-12/h7,10-11,19H,3-6H2,1-2H3,(H,14,16,17). The molecule has 2 aromatic heterocycles. The highest BCUT2D eigenvalue weighted by molar-refractivity contribution is 5.86. The summed E-state index contributed by atoms with van der Waals surface area (Å²) in [4.78, 5) is 8.91. The van der Waals surface area contributed by atoms with Gasteiger partial charge in [-0.25, -0.2) is 14.6 Å². The molecule has 2 unspecified atom stereocenters. The van der Waals surface area contributed by atoms with Crippen molar-refractivity contribution in [2.75, 3.05) is 11.9 Å². The molecule has 2 heterocycles. The van der Waals surface area contributed by atoms with Crippen molar-refractivity contribution >= 4 is 16.9 Å². The molecule has 6 heteroatoms. The van der Waals surface area contributed by atoms with Crippen LogP contribution in [-0.4, -0.2) is 37.5 Å². The zero-order valence-corrected chi connectivity index (χ0v) is 11.3. The largest absolute Gasteiger partial charge is 0.391 e. The maximum Gasteiger partial charge on any atom is 0.163 e. The van der Waals surface area contributed by atoms with Crippen LogP contribution in [0.4, 0.5) is 5.82 Å². The first kappa shape index (κ1) is 12.3. The Hall–Kier alpha value is -1.69. The Balaban J connectivity index is 2.11. The molecule has 0 radical (unpaired) electrons. The highest BCUT2D eigenvalue weighted by Crippen LogP contribution is 2.32. The summed E-state index contributed by atoms with van der Waals surface area (Å²) in [6.45, 7) is 4.72. The number of nitrogens with zero attached hydrogens (tertiary/aromatic N) is 4. The van der Waals surface area contributed by atoms with Crippen LogP contribution in [0, 0.1) is 6.92 Å². The Morgan fingerprint density at radius 1 is 1.42 bits per heavy atom. The molecule has 1 aliphatic rings. The van der Waals surface area contributed by atoms with Crippen molar-refractivity contribution in [2.45, 2.75) is 45.3 Å². The van der Waals surface area contributed by atoms with Crippen molar-refractivity contribution in [3.63, 3.8) is 0 Å². The third-order valence-corrected chi connectivity index (χ3v) is 3.67. The zero-order valence-electron chi connectivity index (χ0n) is 11.3. The van der Waals surface area contributed by atoms with Crippen molar-refractivity contribution in [1.29, 1.82) is 0 Å².